The highest BCUT2D eigenvalue weighted by Crippen LogP contribution is 2.24. The normalized spacial score (nSPS) is 11.2. The summed E-state index contributed by atoms with van der Waals surface area (Å²) in [5, 5.41) is 2.06. The Bertz CT molecular complexity index is 1410. The van der Waals surface area contributed by atoms with Gasteiger partial charge in [0, 0.05) is 42.3 Å². The minimum atomic E-state index is -0.141. The molecule has 0 aliphatic heterocycles. The Labute approximate surface area is 234 Å². The second-order valence-corrected chi connectivity index (χ2v) is 10.9. The number of H-pyrrole nitrogens is 1. The zero-order chi connectivity index (χ0) is 27.2. The van der Waals surface area contributed by atoms with Crippen LogP contribution in [0, 0.1) is 12.8 Å². The molecule has 0 aliphatic rings. The summed E-state index contributed by atoms with van der Waals surface area (Å²) >= 11 is 12.4. The van der Waals surface area contributed by atoms with Crippen LogP contribution in [0.1, 0.15) is 40.9 Å². The van der Waals surface area contributed by atoms with E-state index in [-0.39, 0.29) is 24.3 Å². The lowest BCUT2D eigenvalue weighted by Crippen LogP contribution is -2.44. The average molecular weight is 551 g/mol. The number of para-hydroxylation sites is 1. The van der Waals surface area contributed by atoms with E-state index in [4.69, 9.17) is 23.2 Å². The van der Waals surface area contributed by atoms with Gasteiger partial charge in [-0.3, -0.25) is 9.59 Å². The standard InChI is InChI=1S/C31H33Cl2N3O2/c1-21(2)18-36(31(38)24-11-8-22(3)9-12-24)20-30(37)35(19-23-10-13-27(32)28(33)16-23)15-14-25-17-34-29-7-5-4-6-26(25)29/h4-13,16-17,21,34H,14-15,18-20H2,1-3H3. The summed E-state index contributed by atoms with van der Waals surface area (Å²) in [6, 6.07) is 21.0. The lowest BCUT2D eigenvalue weighted by Gasteiger charge is -2.29. The molecule has 0 aliphatic carbocycles. The third kappa shape index (κ3) is 6.97. The van der Waals surface area contributed by atoms with Gasteiger partial charge in [0.25, 0.3) is 5.91 Å². The molecule has 7 heteroatoms. The van der Waals surface area contributed by atoms with E-state index < -0.39 is 0 Å². The van der Waals surface area contributed by atoms with Crippen LogP contribution in [0.3, 0.4) is 0 Å². The molecule has 0 bridgehead atoms. The fourth-order valence-electron chi connectivity index (χ4n) is 4.55. The maximum absolute atomic E-state index is 13.8. The molecule has 0 radical (unpaired) electrons. The van der Waals surface area contributed by atoms with Crippen LogP contribution in [0.25, 0.3) is 10.9 Å². The van der Waals surface area contributed by atoms with Crippen molar-refractivity contribution in [3.05, 3.63) is 105 Å². The molecule has 5 nitrogen and oxygen atoms in total. The van der Waals surface area contributed by atoms with Gasteiger partial charge in [-0.1, -0.05) is 79.0 Å². The summed E-state index contributed by atoms with van der Waals surface area (Å²) < 4.78 is 0. The number of nitrogens with one attached hydrogen (secondary N) is 1. The quantitative estimate of drug-likeness (QED) is 0.228. The summed E-state index contributed by atoms with van der Waals surface area (Å²) in [6.07, 6.45) is 2.67. The van der Waals surface area contributed by atoms with Crippen molar-refractivity contribution in [1.29, 1.82) is 0 Å². The van der Waals surface area contributed by atoms with E-state index in [9.17, 15) is 9.59 Å². The number of aromatic nitrogens is 1. The molecule has 0 saturated heterocycles. The molecule has 0 saturated carbocycles. The van der Waals surface area contributed by atoms with Gasteiger partial charge in [0.2, 0.25) is 5.91 Å². The van der Waals surface area contributed by atoms with Gasteiger partial charge >= 0.3 is 0 Å². The van der Waals surface area contributed by atoms with E-state index in [1.807, 2.05) is 75.5 Å². The van der Waals surface area contributed by atoms with Crippen molar-refractivity contribution in [2.75, 3.05) is 19.6 Å². The number of benzene rings is 3. The van der Waals surface area contributed by atoms with Gasteiger partial charge in [-0.25, -0.2) is 0 Å². The largest absolute Gasteiger partial charge is 0.361 e. The first kappa shape index (κ1) is 27.7. The Hall–Kier alpha value is -3.28. The number of aromatic amines is 1. The highest BCUT2D eigenvalue weighted by molar-refractivity contribution is 6.42. The first-order chi connectivity index (χ1) is 18.2. The van der Waals surface area contributed by atoms with Gasteiger partial charge < -0.3 is 14.8 Å². The van der Waals surface area contributed by atoms with E-state index in [1.165, 1.54) is 0 Å². The van der Waals surface area contributed by atoms with E-state index in [0.29, 0.717) is 41.7 Å². The number of hydrogen-bond donors (Lipinski definition) is 1. The lowest BCUT2D eigenvalue weighted by atomic mass is 10.1. The van der Waals surface area contributed by atoms with Gasteiger partial charge in [-0.05, 0) is 60.7 Å². The third-order valence-corrected chi connectivity index (χ3v) is 7.27. The van der Waals surface area contributed by atoms with Crippen molar-refractivity contribution >= 4 is 45.9 Å². The smallest absolute Gasteiger partial charge is 0.254 e. The van der Waals surface area contributed by atoms with Crippen molar-refractivity contribution in [2.24, 2.45) is 5.92 Å². The Morgan fingerprint density at radius 3 is 2.37 bits per heavy atom. The van der Waals surface area contributed by atoms with E-state index in [1.54, 1.807) is 21.9 Å². The molecule has 0 atom stereocenters. The molecular weight excluding hydrogens is 517 g/mol. The highest BCUT2D eigenvalue weighted by Gasteiger charge is 2.24. The molecule has 2 amide bonds. The predicted molar refractivity (Wildman–Crippen MR) is 156 cm³/mol. The number of rotatable bonds is 10. The summed E-state index contributed by atoms with van der Waals surface area (Å²) in [4.78, 5) is 33.9. The second kappa shape index (κ2) is 12.5. The average Bonchev–Trinajstić information content (AvgIpc) is 3.31. The van der Waals surface area contributed by atoms with Crippen LogP contribution >= 0.6 is 23.2 Å². The Balaban J connectivity index is 1.57. The van der Waals surface area contributed by atoms with Gasteiger partial charge in [0.05, 0.1) is 10.0 Å². The summed E-state index contributed by atoms with van der Waals surface area (Å²) in [5.74, 6) is -0.0397. The lowest BCUT2D eigenvalue weighted by molar-refractivity contribution is -0.132. The monoisotopic (exact) mass is 549 g/mol. The zero-order valence-electron chi connectivity index (χ0n) is 22.0. The fraction of sp³-hybridized carbons (Fsp3) is 0.290. The molecule has 3 aromatic carbocycles. The van der Waals surface area contributed by atoms with Gasteiger partial charge in [-0.2, -0.15) is 0 Å². The number of fused-ring (bicyclic) bond motifs is 1. The zero-order valence-corrected chi connectivity index (χ0v) is 23.5. The maximum atomic E-state index is 13.8. The summed E-state index contributed by atoms with van der Waals surface area (Å²) in [6.45, 7) is 7.43. The summed E-state index contributed by atoms with van der Waals surface area (Å²) in [5.41, 5.74) is 4.75. The first-order valence-electron chi connectivity index (χ1n) is 12.8. The molecule has 4 aromatic rings. The van der Waals surface area contributed by atoms with Crippen molar-refractivity contribution < 1.29 is 9.59 Å². The van der Waals surface area contributed by atoms with Crippen molar-refractivity contribution in [3.8, 4) is 0 Å². The van der Waals surface area contributed by atoms with Crippen LogP contribution in [0.15, 0.2) is 72.9 Å². The first-order valence-corrected chi connectivity index (χ1v) is 13.6. The third-order valence-electron chi connectivity index (χ3n) is 6.53. The van der Waals surface area contributed by atoms with Crippen LogP contribution in [-0.4, -0.2) is 46.2 Å². The fourth-order valence-corrected chi connectivity index (χ4v) is 4.87. The molecule has 4 rings (SSSR count). The molecule has 1 heterocycles. The van der Waals surface area contributed by atoms with E-state index in [2.05, 4.69) is 11.1 Å². The SMILES string of the molecule is Cc1ccc(C(=O)N(CC(=O)N(CCc2c[nH]c3ccccc23)Cc2ccc(Cl)c(Cl)c2)CC(C)C)cc1. The van der Waals surface area contributed by atoms with Gasteiger partial charge in [0.15, 0.2) is 0 Å². The van der Waals surface area contributed by atoms with Gasteiger partial charge in [-0.15, -0.1) is 0 Å². The number of halogens is 2. The van der Waals surface area contributed by atoms with Crippen molar-refractivity contribution in [2.45, 2.75) is 33.7 Å². The minimum Gasteiger partial charge on any atom is -0.361 e. The second-order valence-electron chi connectivity index (χ2n) is 10.1. The van der Waals surface area contributed by atoms with Crippen molar-refractivity contribution in [1.82, 2.24) is 14.8 Å². The Kier molecular flexibility index (Phi) is 9.13. The molecule has 1 aromatic heterocycles. The minimum absolute atomic E-state index is 0.0000955. The predicted octanol–water partition coefficient (Wildman–Crippen LogP) is 7.15. The number of nitrogens with zero attached hydrogens (tertiary/aromatic N) is 2. The molecule has 0 unspecified atom stereocenters. The van der Waals surface area contributed by atoms with E-state index >= 15 is 0 Å². The topological polar surface area (TPSA) is 56.4 Å². The number of carbonyl (C=O) groups is 2. The van der Waals surface area contributed by atoms with Crippen molar-refractivity contribution in [3.63, 3.8) is 0 Å². The molecule has 0 fully saturated rings. The molecule has 1 N–H and O–H groups in total. The number of aryl methyl sites for hydroxylation is 1. The van der Waals surface area contributed by atoms with Crippen LogP contribution < -0.4 is 0 Å². The maximum Gasteiger partial charge on any atom is 0.254 e. The number of hydrogen-bond acceptors (Lipinski definition) is 2. The summed E-state index contributed by atoms with van der Waals surface area (Å²) in [7, 11) is 0. The molecular formula is C31H33Cl2N3O2. The van der Waals surface area contributed by atoms with Crippen LogP contribution in [-0.2, 0) is 17.8 Å². The van der Waals surface area contributed by atoms with Crippen LogP contribution in [0.4, 0.5) is 0 Å². The van der Waals surface area contributed by atoms with Gasteiger partial charge in [0.1, 0.15) is 6.54 Å². The van der Waals surface area contributed by atoms with Crippen LogP contribution in [0.2, 0.25) is 10.0 Å². The number of carbonyl (C=O) groups excluding carboxylic acids is 2. The molecule has 198 valence electrons. The molecule has 0 spiro atoms. The Morgan fingerprint density at radius 2 is 1.66 bits per heavy atom. The molecule has 38 heavy (non-hydrogen) atoms. The Morgan fingerprint density at radius 1 is 0.921 bits per heavy atom. The number of amides is 2. The highest BCUT2D eigenvalue weighted by atomic mass is 35.5. The van der Waals surface area contributed by atoms with E-state index in [0.717, 1.165) is 27.6 Å². The van der Waals surface area contributed by atoms with Crippen LogP contribution in [0.5, 0.6) is 0 Å².